The molecule has 0 aromatic carbocycles. The Balaban J connectivity index is 2.03. The second-order valence-electron chi connectivity index (χ2n) is 4.45. The summed E-state index contributed by atoms with van der Waals surface area (Å²) in [6, 6.07) is -1.29. The van der Waals surface area contributed by atoms with Crippen molar-refractivity contribution in [3.63, 3.8) is 0 Å². The van der Waals surface area contributed by atoms with E-state index < -0.39 is 28.0 Å². The number of nitrogens with zero attached hydrogens (tertiary/aromatic N) is 2. The van der Waals surface area contributed by atoms with Gasteiger partial charge in [0, 0.05) is 19.5 Å². The third kappa shape index (κ3) is 2.94. The van der Waals surface area contributed by atoms with Crippen molar-refractivity contribution in [2.45, 2.75) is 24.9 Å². The fourth-order valence-electron chi connectivity index (χ4n) is 2.24. The number of nitrogens with one attached hydrogen (secondary N) is 2. The molecule has 2 bridgehead atoms. The SMILES string of the molecule is CS(=O)(=O)NNC(=O)[C@@H]1CC[C@@H]2CN1C(=O)N2OS. The van der Waals surface area contributed by atoms with E-state index in [2.05, 4.69) is 22.6 Å². The Morgan fingerprint density at radius 2 is 2.16 bits per heavy atom. The predicted molar refractivity (Wildman–Crippen MR) is 66.9 cm³/mol. The molecule has 19 heavy (non-hydrogen) atoms. The zero-order valence-electron chi connectivity index (χ0n) is 10.1. The van der Waals surface area contributed by atoms with Crippen molar-refractivity contribution in [2.75, 3.05) is 12.8 Å². The van der Waals surface area contributed by atoms with E-state index >= 15 is 0 Å². The van der Waals surface area contributed by atoms with Crippen molar-refractivity contribution in [1.29, 1.82) is 0 Å². The van der Waals surface area contributed by atoms with Gasteiger partial charge < -0.3 is 4.90 Å². The molecule has 2 saturated heterocycles. The summed E-state index contributed by atoms with van der Waals surface area (Å²) in [5.74, 6) is -0.571. The molecule has 2 rings (SSSR count). The van der Waals surface area contributed by atoms with Gasteiger partial charge in [0.25, 0.3) is 5.91 Å². The molecule has 2 fully saturated rings. The monoisotopic (exact) mass is 310 g/mol. The number of hydroxylamine groups is 2. The summed E-state index contributed by atoms with van der Waals surface area (Å²) in [6.45, 7) is 0.357. The van der Waals surface area contributed by atoms with Crippen LogP contribution in [0.4, 0.5) is 4.79 Å². The van der Waals surface area contributed by atoms with Crippen LogP contribution in [0.15, 0.2) is 0 Å². The highest BCUT2D eigenvalue weighted by atomic mass is 32.2. The smallest absolute Gasteiger partial charge is 0.309 e. The molecule has 9 nitrogen and oxygen atoms in total. The van der Waals surface area contributed by atoms with Gasteiger partial charge in [0.05, 0.1) is 12.3 Å². The van der Waals surface area contributed by atoms with Crippen LogP contribution in [-0.2, 0) is 19.1 Å². The van der Waals surface area contributed by atoms with Gasteiger partial charge in [-0.1, -0.05) is 0 Å². The van der Waals surface area contributed by atoms with E-state index in [1.54, 1.807) is 0 Å². The first-order valence-corrected chi connectivity index (χ1v) is 7.77. The van der Waals surface area contributed by atoms with E-state index in [1.165, 1.54) is 4.90 Å². The highest BCUT2D eigenvalue weighted by molar-refractivity contribution is 7.88. The number of carbonyl (C=O) groups is 2. The number of hydrogen-bond acceptors (Lipinski definition) is 6. The lowest BCUT2D eigenvalue weighted by Gasteiger charge is -2.28. The summed E-state index contributed by atoms with van der Waals surface area (Å²) >= 11 is 3.60. The van der Waals surface area contributed by atoms with Crippen molar-refractivity contribution in [1.82, 2.24) is 20.2 Å². The van der Waals surface area contributed by atoms with E-state index in [-0.39, 0.29) is 6.04 Å². The van der Waals surface area contributed by atoms with Gasteiger partial charge in [-0.2, -0.15) is 5.06 Å². The van der Waals surface area contributed by atoms with Crippen LogP contribution in [0.25, 0.3) is 0 Å². The lowest BCUT2D eigenvalue weighted by molar-refractivity contribution is -0.126. The standard InChI is InChI=1S/C8H14N4O5S2/c1-19(15,16)10-9-7(13)6-3-2-5-4-11(6)8(14)12(5)17-18/h5-6,10,18H,2-4H2,1H3,(H,9,13)/t5-,6+/m1/s1. The fourth-order valence-corrected chi connectivity index (χ4v) is 2.73. The molecule has 2 N–H and O–H groups in total. The number of rotatable bonds is 4. The molecule has 2 aliphatic rings. The highest BCUT2D eigenvalue weighted by Gasteiger charge is 2.47. The first-order valence-electron chi connectivity index (χ1n) is 5.51. The summed E-state index contributed by atoms with van der Waals surface area (Å²) in [5.41, 5.74) is 2.08. The number of thiol groups is 1. The van der Waals surface area contributed by atoms with Crippen molar-refractivity contribution < 1.29 is 22.3 Å². The molecule has 0 radical (unpaired) electrons. The number of carbonyl (C=O) groups excluding carboxylic acids is 2. The van der Waals surface area contributed by atoms with Gasteiger partial charge in [-0.25, -0.2) is 17.5 Å². The summed E-state index contributed by atoms with van der Waals surface area (Å²) in [4.78, 5) is 27.0. The lowest BCUT2D eigenvalue weighted by atomic mass is 10.0. The number of fused-ring (bicyclic) bond motifs is 2. The minimum Gasteiger partial charge on any atom is -0.309 e. The normalized spacial score (nSPS) is 26.7. The third-order valence-corrected chi connectivity index (χ3v) is 3.72. The minimum absolute atomic E-state index is 0.128. The Hall–Kier alpha value is -1.04. The number of amides is 3. The van der Waals surface area contributed by atoms with Gasteiger partial charge in [0.1, 0.15) is 6.04 Å². The molecule has 0 saturated carbocycles. The van der Waals surface area contributed by atoms with Crippen LogP contribution in [-0.4, -0.2) is 55.2 Å². The van der Waals surface area contributed by atoms with Crippen LogP contribution in [0, 0.1) is 0 Å². The largest absolute Gasteiger partial charge is 0.345 e. The molecule has 3 amide bonds. The van der Waals surface area contributed by atoms with Gasteiger partial charge in [-0.3, -0.25) is 10.2 Å². The lowest BCUT2D eigenvalue weighted by Crippen LogP contribution is -2.53. The van der Waals surface area contributed by atoms with E-state index in [1.807, 2.05) is 4.83 Å². The van der Waals surface area contributed by atoms with E-state index in [9.17, 15) is 18.0 Å². The third-order valence-electron chi connectivity index (χ3n) is 3.07. The first-order chi connectivity index (χ1) is 8.83. The molecule has 0 unspecified atom stereocenters. The molecule has 2 aliphatic heterocycles. The molecule has 2 heterocycles. The van der Waals surface area contributed by atoms with Crippen LogP contribution < -0.4 is 10.3 Å². The van der Waals surface area contributed by atoms with E-state index in [4.69, 9.17) is 0 Å². The Morgan fingerprint density at radius 1 is 1.47 bits per heavy atom. The van der Waals surface area contributed by atoms with Crippen LogP contribution in [0.5, 0.6) is 0 Å². The van der Waals surface area contributed by atoms with Crippen molar-refractivity contribution in [3.05, 3.63) is 0 Å². The molecule has 0 aromatic heterocycles. The topological polar surface area (TPSA) is 108 Å². The molecule has 2 atom stereocenters. The van der Waals surface area contributed by atoms with Gasteiger partial charge >= 0.3 is 6.03 Å². The van der Waals surface area contributed by atoms with E-state index in [0.717, 1.165) is 11.3 Å². The summed E-state index contributed by atoms with van der Waals surface area (Å²) in [6.07, 6.45) is 1.93. The highest BCUT2D eigenvalue weighted by Crippen LogP contribution is 2.30. The minimum atomic E-state index is -3.53. The molecule has 0 aliphatic carbocycles. The number of urea groups is 1. The van der Waals surface area contributed by atoms with Crippen molar-refractivity contribution in [3.8, 4) is 0 Å². The van der Waals surface area contributed by atoms with E-state index in [0.29, 0.717) is 19.4 Å². The van der Waals surface area contributed by atoms with Gasteiger partial charge in [-0.15, -0.1) is 4.83 Å². The predicted octanol–water partition coefficient (Wildman–Crippen LogP) is -1.39. The Kier molecular flexibility index (Phi) is 3.90. The average molecular weight is 310 g/mol. The van der Waals surface area contributed by atoms with Crippen LogP contribution in [0.2, 0.25) is 0 Å². The maximum atomic E-state index is 11.9. The van der Waals surface area contributed by atoms with Crippen LogP contribution >= 0.6 is 12.9 Å². The number of hydrogen-bond donors (Lipinski definition) is 3. The maximum absolute atomic E-state index is 11.9. The van der Waals surface area contributed by atoms with Crippen LogP contribution in [0.3, 0.4) is 0 Å². The number of piperidine rings is 1. The zero-order valence-corrected chi connectivity index (χ0v) is 11.8. The molecule has 0 aromatic rings. The summed E-state index contributed by atoms with van der Waals surface area (Å²) in [5, 5.41) is 1.11. The van der Waals surface area contributed by atoms with Gasteiger partial charge in [-0.05, 0) is 12.8 Å². The van der Waals surface area contributed by atoms with Crippen molar-refractivity contribution in [2.24, 2.45) is 0 Å². The van der Waals surface area contributed by atoms with Crippen molar-refractivity contribution >= 4 is 34.9 Å². The number of sulfonamides is 1. The Bertz CT molecular complexity index is 495. The molecule has 0 spiro atoms. The number of hydrazine groups is 1. The summed E-state index contributed by atoms with van der Waals surface area (Å²) < 4.78 is 26.5. The Labute approximate surface area is 115 Å². The average Bonchev–Trinajstić information content (AvgIpc) is 2.58. The molecular formula is C8H14N4O5S2. The second-order valence-corrected chi connectivity index (χ2v) is 6.36. The first kappa shape index (κ1) is 14.4. The van der Waals surface area contributed by atoms with Crippen LogP contribution in [0.1, 0.15) is 12.8 Å². The molecule has 11 heteroatoms. The van der Waals surface area contributed by atoms with Gasteiger partial charge in [0.15, 0.2) is 0 Å². The quantitative estimate of drug-likeness (QED) is 0.337. The fraction of sp³-hybridized carbons (Fsp3) is 0.750. The Morgan fingerprint density at radius 3 is 2.74 bits per heavy atom. The second kappa shape index (κ2) is 5.15. The molecular weight excluding hydrogens is 296 g/mol. The summed E-state index contributed by atoms with van der Waals surface area (Å²) in [7, 11) is -3.53. The molecule has 108 valence electrons. The maximum Gasteiger partial charge on any atom is 0.345 e. The van der Waals surface area contributed by atoms with Gasteiger partial charge in [0.2, 0.25) is 10.0 Å². The zero-order chi connectivity index (χ0) is 14.2.